The molecule has 1 unspecified atom stereocenters. The van der Waals surface area contributed by atoms with Crippen molar-refractivity contribution in [2.45, 2.75) is 142 Å². The Morgan fingerprint density at radius 1 is 0.935 bits per heavy atom. The highest BCUT2D eigenvalue weighted by Gasteiger charge is 2.45. The SMILES string of the molecule is Cc1ncsc1-c1ccc(CNC(=O)[C@@H]2C[C@@H](O)CN2C(=O)C(NC(=O)CCCCCCCC(=O)N2CC=C(c3cc(NC(=O)c4c[nH]c(=O)cc4C(F)(F)F)c(N4C[C@@H](C)N(C)[C@@H](C)C4)cc3F)CC2)C(C)(C)C)cc1. The second-order valence-corrected chi connectivity index (χ2v) is 22.6. The van der Waals surface area contributed by atoms with E-state index in [1.165, 1.54) is 17.0 Å². The van der Waals surface area contributed by atoms with E-state index >= 15 is 4.39 Å². The van der Waals surface area contributed by atoms with Gasteiger partial charge in [-0.2, -0.15) is 13.2 Å². The van der Waals surface area contributed by atoms with Crippen molar-refractivity contribution >= 4 is 57.8 Å². The second-order valence-electron chi connectivity index (χ2n) is 21.7. The molecule has 2 aromatic carbocycles. The Balaban J connectivity index is 0.873. The number of carbonyl (C=O) groups is 5. The molecule has 0 radical (unpaired) electrons. The van der Waals surface area contributed by atoms with Gasteiger partial charge in [-0.1, -0.05) is 70.4 Å². The van der Waals surface area contributed by atoms with Crippen LogP contribution in [0.5, 0.6) is 0 Å². The molecule has 3 aliphatic rings. The molecule has 3 aliphatic heterocycles. The predicted octanol–water partition coefficient (Wildman–Crippen LogP) is 7.90. The Labute approximate surface area is 450 Å². The first kappa shape index (κ1) is 58.2. The second kappa shape index (κ2) is 24.9. The highest BCUT2D eigenvalue weighted by atomic mass is 32.1. The number of aliphatic hydroxyl groups is 1. The predicted molar refractivity (Wildman–Crippen MR) is 288 cm³/mol. The van der Waals surface area contributed by atoms with Crippen LogP contribution in [0.25, 0.3) is 16.0 Å². The maximum atomic E-state index is 16.2. The number of pyridine rings is 1. The molecule has 0 aliphatic carbocycles. The quantitative estimate of drug-likeness (QED) is 0.0482. The molecule has 5 amide bonds. The molecule has 16 nitrogen and oxygen atoms in total. The Hall–Kier alpha value is -6.45. The number of benzene rings is 2. The number of aromatic nitrogens is 2. The van der Waals surface area contributed by atoms with E-state index in [0.29, 0.717) is 68.8 Å². The number of thiazole rings is 1. The summed E-state index contributed by atoms with van der Waals surface area (Å²) in [5.74, 6) is -2.90. The van der Waals surface area contributed by atoms with Gasteiger partial charge < -0.3 is 40.7 Å². The molecule has 4 aromatic rings. The number of halogens is 4. The van der Waals surface area contributed by atoms with Gasteiger partial charge in [-0.25, -0.2) is 9.37 Å². The Bertz CT molecular complexity index is 2870. The summed E-state index contributed by atoms with van der Waals surface area (Å²) < 4.78 is 58.1. The smallest absolute Gasteiger partial charge is 0.391 e. The minimum absolute atomic E-state index is 0.0292. The summed E-state index contributed by atoms with van der Waals surface area (Å²) in [5.41, 5.74) is 1.87. The van der Waals surface area contributed by atoms with Gasteiger partial charge in [0.05, 0.1) is 44.7 Å². The van der Waals surface area contributed by atoms with E-state index in [1.807, 2.05) is 77.8 Å². The van der Waals surface area contributed by atoms with Gasteiger partial charge >= 0.3 is 6.18 Å². The Morgan fingerprint density at radius 2 is 1.61 bits per heavy atom. The number of rotatable bonds is 18. The molecular formula is C56H71F4N9O7S. The van der Waals surface area contributed by atoms with Crippen LogP contribution in [0, 0.1) is 18.2 Å². The molecule has 7 rings (SSSR count). The summed E-state index contributed by atoms with van der Waals surface area (Å²) in [7, 11) is 1.97. The van der Waals surface area contributed by atoms with Gasteiger partial charge in [0.15, 0.2) is 0 Å². The lowest BCUT2D eigenvalue weighted by Crippen LogP contribution is -2.57. The number of hydrogen-bond donors (Lipinski definition) is 5. The van der Waals surface area contributed by atoms with E-state index in [1.54, 1.807) is 27.8 Å². The zero-order valence-electron chi connectivity index (χ0n) is 44.8. The molecule has 416 valence electrons. The molecule has 2 saturated heterocycles. The van der Waals surface area contributed by atoms with Crippen molar-refractivity contribution in [2.24, 2.45) is 5.41 Å². The highest BCUT2D eigenvalue weighted by molar-refractivity contribution is 7.13. The molecule has 0 saturated carbocycles. The normalized spacial score (nSPS) is 19.7. The zero-order valence-corrected chi connectivity index (χ0v) is 45.6. The van der Waals surface area contributed by atoms with Crippen molar-refractivity contribution < 1.29 is 46.6 Å². The number of nitrogens with zero attached hydrogens (tertiary/aromatic N) is 5. The zero-order chi connectivity index (χ0) is 55.9. The number of hydrogen-bond acceptors (Lipinski definition) is 11. The fourth-order valence-electron chi connectivity index (χ4n) is 10.3. The van der Waals surface area contributed by atoms with E-state index in [0.717, 1.165) is 34.5 Å². The molecular weight excluding hydrogens is 1020 g/mol. The monoisotopic (exact) mass is 1090 g/mol. The van der Waals surface area contributed by atoms with Gasteiger partial charge in [-0.05, 0) is 81.3 Å². The van der Waals surface area contributed by atoms with E-state index in [9.17, 15) is 47.0 Å². The van der Waals surface area contributed by atoms with Gasteiger partial charge in [0.1, 0.15) is 17.9 Å². The lowest BCUT2D eigenvalue weighted by Gasteiger charge is -2.44. The van der Waals surface area contributed by atoms with Crippen molar-refractivity contribution in [3.63, 3.8) is 0 Å². The van der Waals surface area contributed by atoms with Crippen LogP contribution < -0.4 is 26.4 Å². The largest absolute Gasteiger partial charge is 0.417 e. The lowest BCUT2D eigenvalue weighted by atomic mass is 9.85. The number of amides is 5. The fraction of sp³-hybridized carbons (Fsp3) is 0.518. The number of likely N-dealkylation sites (N-methyl/N-ethyl adjacent to an activating group) is 1. The van der Waals surface area contributed by atoms with Crippen LogP contribution in [0.3, 0.4) is 0 Å². The fourth-order valence-corrected chi connectivity index (χ4v) is 11.1. The molecule has 2 aromatic heterocycles. The number of unbranched alkanes of at least 4 members (excludes halogenated alkanes) is 4. The molecule has 2 fully saturated rings. The third-order valence-electron chi connectivity index (χ3n) is 14.9. The summed E-state index contributed by atoms with van der Waals surface area (Å²) in [5, 5.41) is 19.0. The van der Waals surface area contributed by atoms with Crippen LogP contribution in [-0.2, 0) is 31.9 Å². The summed E-state index contributed by atoms with van der Waals surface area (Å²) in [6.07, 6.45) is 0.808. The van der Waals surface area contributed by atoms with Crippen LogP contribution in [0.1, 0.15) is 125 Å². The molecule has 5 heterocycles. The number of nitrogens with one attached hydrogen (secondary N) is 4. The number of aryl methyl sites for hydroxylation is 1. The number of anilines is 2. The number of aliphatic hydroxyl groups excluding tert-OH is 1. The van der Waals surface area contributed by atoms with E-state index < -0.39 is 64.1 Å². The van der Waals surface area contributed by atoms with Crippen molar-refractivity contribution in [1.82, 2.24) is 35.3 Å². The van der Waals surface area contributed by atoms with E-state index in [2.05, 4.69) is 30.8 Å². The Kier molecular flexibility index (Phi) is 18.8. The number of β-amino-alcohol motifs (C(OH)–C–C–N with tert-alkyl or cyclic N) is 1. The molecule has 5 atom stereocenters. The van der Waals surface area contributed by atoms with Crippen molar-refractivity contribution in [3.05, 3.63) is 104 Å². The third-order valence-corrected chi connectivity index (χ3v) is 15.9. The number of carbonyl (C=O) groups excluding carboxylic acids is 5. The molecule has 21 heteroatoms. The highest BCUT2D eigenvalue weighted by Crippen LogP contribution is 2.38. The van der Waals surface area contributed by atoms with Gasteiger partial charge in [0.25, 0.3) is 5.91 Å². The van der Waals surface area contributed by atoms with Gasteiger partial charge in [-0.3, -0.25) is 33.7 Å². The average molecular weight is 1090 g/mol. The number of likely N-dealkylation sites (tertiary alicyclic amines) is 1. The van der Waals surface area contributed by atoms with E-state index in [-0.39, 0.29) is 80.0 Å². The van der Waals surface area contributed by atoms with Gasteiger partial charge in [-0.15, -0.1) is 11.3 Å². The van der Waals surface area contributed by atoms with Crippen molar-refractivity contribution in [2.75, 3.05) is 50.0 Å². The number of piperazine rings is 1. The summed E-state index contributed by atoms with van der Waals surface area (Å²) in [4.78, 5) is 94.2. The summed E-state index contributed by atoms with van der Waals surface area (Å²) in [6, 6.07) is 9.08. The number of H-pyrrole nitrogens is 1. The number of aromatic amines is 1. The maximum Gasteiger partial charge on any atom is 0.417 e. The van der Waals surface area contributed by atoms with Crippen LogP contribution in [0.15, 0.2) is 65.0 Å². The molecule has 0 spiro atoms. The van der Waals surface area contributed by atoms with Crippen molar-refractivity contribution in [1.29, 1.82) is 0 Å². The topological polar surface area (TPSA) is 200 Å². The minimum atomic E-state index is -4.99. The first-order chi connectivity index (χ1) is 36.4. The lowest BCUT2D eigenvalue weighted by molar-refractivity contribution is -0.144. The van der Waals surface area contributed by atoms with Crippen LogP contribution in [0.2, 0.25) is 0 Å². The molecule has 5 N–H and O–H groups in total. The minimum Gasteiger partial charge on any atom is -0.391 e. The first-order valence-corrected chi connectivity index (χ1v) is 27.2. The molecule has 77 heavy (non-hydrogen) atoms. The van der Waals surface area contributed by atoms with E-state index in [4.69, 9.17) is 0 Å². The number of alkyl halides is 3. The van der Waals surface area contributed by atoms with Crippen molar-refractivity contribution in [3.8, 4) is 10.4 Å². The summed E-state index contributed by atoms with van der Waals surface area (Å²) in [6.45, 7) is 13.1. The summed E-state index contributed by atoms with van der Waals surface area (Å²) >= 11 is 1.56. The standard InChI is InChI=1S/C56H71F4N9O7S/c1-33-29-68(30-34(2)66(33)7)45-26-43(57)40(24-44(45)64-52(74)41-28-61-48(72)25-42(41)56(58,59)60)37-19-21-67(22-20-37)49(73)14-12-10-8-9-11-13-47(71)65-51(55(4,5)6)54(76)69-31-39(70)23-46(69)53(75)62-27-36-15-17-38(18-16-36)50-35(3)63-32-77-50/h15-19,24-26,28,32-34,39,46,51,70H,8-14,20-23,27,29-31H2,1-7H3,(H,61,72)(H,62,75)(H,64,74)(H,65,71)/t33-,34+,39-,46+,51?/m1/s1. The van der Waals surface area contributed by atoms with Gasteiger partial charge in [0, 0.05) is 88.4 Å². The van der Waals surface area contributed by atoms with Crippen LogP contribution in [-0.4, -0.2) is 129 Å². The first-order valence-electron chi connectivity index (χ1n) is 26.3. The third kappa shape index (κ3) is 14.6. The maximum absolute atomic E-state index is 16.2. The van der Waals surface area contributed by atoms with Crippen LogP contribution >= 0.6 is 11.3 Å². The van der Waals surface area contributed by atoms with Crippen LogP contribution in [0.4, 0.5) is 28.9 Å². The molecule has 0 bridgehead atoms. The van der Waals surface area contributed by atoms with Gasteiger partial charge in [0.2, 0.25) is 29.2 Å². The average Bonchev–Trinajstić information content (AvgIpc) is 4.00. The Morgan fingerprint density at radius 3 is 2.23 bits per heavy atom.